The van der Waals surface area contributed by atoms with Crippen LogP contribution in [0.2, 0.25) is 0 Å². The van der Waals surface area contributed by atoms with Crippen LogP contribution in [0.5, 0.6) is 11.5 Å². The number of amides is 1. The van der Waals surface area contributed by atoms with Crippen LogP contribution in [0.15, 0.2) is 75.6 Å². The maximum Gasteiger partial charge on any atom is 0.271 e. The molecule has 0 saturated heterocycles. The summed E-state index contributed by atoms with van der Waals surface area (Å²) >= 11 is 4.86. The number of benzene rings is 3. The van der Waals surface area contributed by atoms with Crippen LogP contribution in [-0.2, 0) is 0 Å². The number of rotatable bonds is 7. The molecule has 0 atom stereocenters. The number of aromatic hydroxyl groups is 1. The number of anilines is 2. The zero-order valence-electron chi connectivity index (χ0n) is 18.4. The lowest BCUT2D eigenvalue weighted by Crippen LogP contribution is -2.17. The van der Waals surface area contributed by atoms with Crippen LogP contribution in [0, 0.1) is 6.92 Å². The summed E-state index contributed by atoms with van der Waals surface area (Å²) in [5.41, 5.74) is 7.54. The fraction of sp³-hybridized carbons (Fsp3) is 0.0800. The van der Waals surface area contributed by atoms with Gasteiger partial charge in [0.2, 0.25) is 0 Å². The summed E-state index contributed by atoms with van der Waals surface area (Å²) in [6.45, 7) is 2.05. The Labute approximate surface area is 209 Å². The normalized spacial score (nSPS) is 10.9. The van der Waals surface area contributed by atoms with Gasteiger partial charge in [-0.05, 0) is 59.3 Å². The number of thiazole rings is 1. The molecule has 9 heteroatoms. The number of ether oxygens (including phenoxy) is 1. The van der Waals surface area contributed by atoms with Crippen molar-refractivity contribution >= 4 is 50.2 Å². The minimum atomic E-state index is -0.343. The molecule has 1 aromatic heterocycles. The van der Waals surface area contributed by atoms with Gasteiger partial charge in [0.25, 0.3) is 5.91 Å². The minimum absolute atomic E-state index is 0.00816. The van der Waals surface area contributed by atoms with Crippen molar-refractivity contribution in [1.29, 1.82) is 0 Å². The highest BCUT2D eigenvalue weighted by atomic mass is 79.9. The number of nitrogens with one attached hydrogen (secondary N) is 2. The van der Waals surface area contributed by atoms with Gasteiger partial charge in [-0.1, -0.05) is 29.8 Å². The lowest BCUT2D eigenvalue weighted by molar-refractivity contribution is 0.0955. The van der Waals surface area contributed by atoms with Gasteiger partial charge in [0.05, 0.1) is 19.0 Å². The van der Waals surface area contributed by atoms with E-state index in [1.807, 2.05) is 48.7 Å². The van der Waals surface area contributed by atoms with Crippen LogP contribution >= 0.6 is 27.3 Å². The molecule has 0 unspecified atom stereocenters. The third-order valence-corrected chi connectivity index (χ3v) is 6.36. The summed E-state index contributed by atoms with van der Waals surface area (Å²) in [5, 5.41) is 19.9. The van der Waals surface area contributed by atoms with Crippen molar-refractivity contribution in [1.82, 2.24) is 10.4 Å². The standard InChI is InChI=1S/C25H21BrN4O3S/c1-15-3-9-19(10-4-15)28-25-29-21(14-34-25)16-5-7-17(8-6-16)24(32)30-27-13-18-11-23(33-2)22(31)12-20(18)26/h3-14,31H,1-2H3,(H,28,29)(H,30,32)/b27-13-. The first-order chi connectivity index (χ1) is 16.4. The number of carbonyl (C=O) groups is 1. The number of aromatic nitrogens is 1. The Balaban J connectivity index is 1.39. The number of methoxy groups -OCH3 is 1. The zero-order valence-corrected chi connectivity index (χ0v) is 20.8. The van der Waals surface area contributed by atoms with Gasteiger partial charge < -0.3 is 15.2 Å². The highest BCUT2D eigenvalue weighted by molar-refractivity contribution is 9.10. The van der Waals surface area contributed by atoms with E-state index in [0.717, 1.165) is 22.1 Å². The van der Waals surface area contributed by atoms with E-state index in [2.05, 4.69) is 36.8 Å². The summed E-state index contributed by atoms with van der Waals surface area (Å²) in [5.74, 6) is -0.0238. The first-order valence-electron chi connectivity index (χ1n) is 10.2. The average molecular weight is 537 g/mol. The van der Waals surface area contributed by atoms with Crippen LogP contribution in [0.3, 0.4) is 0 Å². The molecule has 1 heterocycles. The molecule has 172 valence electrons. The number of hydrazone groups is 1. The van der Waals surface area contributed by atoms with E-state index < -0.39 is 0 Å². The number of phenolic OH excluding ortho intramolecular Hbond substituents is 1. The van der Waals surface area contributed by atoms with E-state index in [0.29, 0.717) is 21.3 Å². The molecular formula is C25H21BrN4O3S. The van der Waals surface area contributed by atoms with Gasteiger partial charge in [-0.2, -0.15) is 5.10 Å². The topological polar surface area (TPSA) is 95.8 Å². The van der Waals surface area contributed by atoms with Crippen molar-refractivity contribution in [3.8, 4) is 22.8 Å². The van der Waals surface area contributed by atoms with Crippen molar-refractivity contribution in [2.45, 2.75) is 6.92 Å². The van der Waals surface area contributed by atoms with E-state index in [9.17, 15) is 9.90 Å². The predicted octanol–water partition coefficient (Wildman–Crippen LogP) is 6.10. The Kier molecular flexibility index (Phi) is 7.24. The second kappa shape index (κ2) is 10.5. The number of halogens is 1. The van der Waals surface area contributed by atoms with Gasteiger partial charge in [-0.15, -0.1) is 11.3 Å². The summed E-state index contributed by atoms with van der Waals surface area (Å²) in [6, 6.07) is 18.4. The Bertz CT molecular complexity index is 1340. The van der Waals surface area contributed by atoms with Crippen LogP contribution < -0.4 is 15.5 Å². The SMILES string of the molecule is COc1cc(/C=N\NC(=O)c2ccc(-c3csc(Nc4ccc(C)cc4)n3)cc2)c(Br)cc1O. The predicted molar refractivity (Wildman–Crippen MR) is 139 cm³/mol. The fourth-order valence-corrected chi connectivity index (χ4v) is 4.24. The maximum absolute atomic E-state index is 12.5. The smallest absolute Gasteiger partial charge is 0.271 e. The average Bonchev–Trinajstić information content (AvgIpc) is 3.30. The van der Waals surface area contributed by atoms with Gasteiger partial charge in [-0.3, -0.25) is 4.79 Å². The molecule has 0 aliphatic heterocycles. The molecule has 1 amide bonds. The molecule has 3 aromatic carbocycles. The van der Waals surface area contributed by atoms with Crippen LogP contribution in [-0.4, -0.2) is 29.3 Å². The van der Waals surface area contributed by atoms with Crippen molar-refractivity contribution in [3.05, 3.63) is 87.2 Å². The molecule has 0 aliphatic carbocycles. The Morgan fingerprint density at radius 3 is 2.59 bits per heavy atom. The third-order valence-electron chi connectivity index (χ3n) is 4.92. The molecular weight excluding hydrogens is 516 g/mol. The summed E-state index contributed by atoms with van der Waals surface area (Å²) in [6.07, 6.45) is 1.47. The van der Waals surface area contributed by atoms with Crippen molar-refractivity contribution in [3.63, 3.8) is 0 Å². The number of carbonyl (C=O) groups excluding carboxylic acids is 1. The van der Waals surface area contributed by atoms with Gasteiger partial charge in [0.1, 0.15) is 0 Å². The number of hydrogen-bond donors (Lipinski definition) is 3. The van der Waals surface area contributed by atoms with Gasteiger partial charge >= 0.3 is 0 Å². The molecule has 0 saturated carbocycles. The minimum Gasteiger partial charge on any atom is -0.504 e. The van der Waals surface area contributed by atoms with Gasteiger partial charge in [-0.25, -0.2) is 10.4 Å². The fourth-order valence-electron chi connectivity index (χ4n) is 3.06. The number of aryl methyl sites for hydroxylation is 1. The van der Waals surface area contributed by atoms with Crippen molar-refractivity contribution in [2.24, 2.45) is 5.10 Å². The summed E-state index contributed by atoms with van der Waals surface area (Å²) in [7, 11) is 1.46. The second-order valence-electron chi connectivity index (χ2n) is 7.35. The van der Waals surface area contributed by atoms with Crippen molar-refractivity contribution in [2.75, 3.05) is 12.4 Å². The summed E-state index contributed by atoms with van der Waals surface area (Å²) in [4.78, 5) is 17.1. The van der Waals surface area contributed by atoms with Crippen LogP contribution in [0.1, 0.15) is 21.5 Å². The zero-order chi connectivity index (χ0) is 24.1. The Morgan fingerprint density at radius 1 is 1.15 bits per heavy atom. The molecule has 3 N–H and O–H groups in total. The van der Waals surface area contributed by atoms with E-state index in [1.54, 1.807) is 18.2 Å². The van der Waals surface area contributed by atoms with Crippen LogP contribution in [0.25, 0.3) is 11.3 Å². The van der Waals surface area contributed by atoms with E-state index in [1.165, 1.54) is 36.3 Å². The maximum atomic E-state index is 12.5. The third kappa shape index (κ3) is 5.62. The van der Waals surface area contributed by atoms with Gasteiger partial charge in [0.15, 0.2) is 16.6 Å². The van der Waals surface area contributed by atoms with E-state index in [4.69, 9.17) is 4.74 Å². The molecule has 0 radical (unpaired) electrons. The summed E-state index contributed by atoms with van der Waals surface area (Å²) < 4.78 is 5.71. The molecule has 0 spiro atoms. The largest absolute Gasteiger partial charge is 0.504 e. The van der Waals surface area contributed by atoms with E-state index >= 15 is 0 Å². The molecule has 34 heavy (non-hydrogen) atoms. The Morgan fingerprint density at radius 2 is 1.88 bits per heavy atom. The highest BCUT2D eigenvalue weighted by Gasteiger charge is 2.09. The highest BCUT2D eigenvalue weighted by Crippen LogP contribution is 2.31. The molecule has 0 fully saturated rings. The first-order valence-corrected chi connectivity index (χ1v) is 11.9. The first kappa shape index (κ1) is 23.5. The van der Waals surface area contributed by atoms with Crippen LogP contribution in [0.4, 0.5) is 10.8 Å². The molecule has 7 nitrogen and oxygen atoms in total. The number of phenols is 1. The number of nitrogens with zero attached hydrogens (tertiary/aromatic N) is 2. The molecule has 0 bridgehead atoms. The lowest BCUT2D eigenvalue weighted by Gasteiger charge is -2.06. The molecule has 0 aliphatic rings. The second-order valence-corrected chi connectivity index (χ2v) is 9.06. The van der Waals surface area contributed by atoms with E-state index in [-0.39, 0.29) is 11.7 Å². The monoisotopic (exact) mass is 536 g/mol. The Hall–Kier alpha value is -3.69. The van der Waals surface area contributed by atoms with Crippen molar-refractivity contribution < 1.29 is 14.6 Å². The molecule has 4 aromatic rings. The lowest BCUT2D eigenvalue weighted by atomic mass is 10.1. The quantitative estimate of drug-likeness (QED) is 0.196. The molecule has 4 rings (SSSR count). The number of hydrogen-bond acceptors (Lipinski definition) is 7. The van der Waals surface area contributed by atoms with Gasteiger partial charge in [0, 0.05) is 32.2 Å².